The predicted octanol–water partition coefficient (Wildman–Crippen LogP) is 6.28. The molecule has 0 aromatic heterocycles. The highest BCUT2D eigenvalue weighted by Crippen LogP contribution is 2.38. The standard InChI is InChI=1S/C21H32O/c1-4-6-7-9-17-10-12-18(13-11-17)19-14-15-21(22-3)20(16-19)8-5-2/h4,6,14-18H,5,7-13H2,1-3H3/b6-4+. The molecule has 0 saturated heterocycles. The second-order valence-corrected chi connectivity index (χ2v) is 6.69. The summed E-state index contributed by atoms with van der Waals surface area (Å²) in [5.41, 5.74) is 2.92. The Bertz CT molecular complexity index is 467. The second kappa shape index (κ2) is 9.02. The van der Waals surface area contributed by atoms with Crippen LogP contribution in [0.5, 0.6) is 5.75 Å². The van der Waals surface area contributed by atoms with Crippen molar-refractivity contribution in [3.63, 3.8) is 0 Å². The molecule has 2 rings (SSSR count). The fourth-order valence-corrected chi connectivity index (χ4v) is 3.80. The molecule has 0 amide bonds. The number of benzene rings is 1. The highest BCUT2D eigenvalue weighted by molar-refractivity contribution is 5.38. The summed E-state index contributed by atoms with van der Waals surface area (Å²) >= 11 is 0. The number of allylic oxidation sites excluding steroid dienone is 2. The molecule has 1 aliphatic rings. The van der Waals surface area contributed by atoms with E-state index in [-0.39, 0.29) is 0 Å². The van der Waals surface area contributed by atoms with E-state index in [0.29, 0.717) is 0 Å². The van der Waals surface area contributed by atoms with Crippen LogP contribution in [0.3, 0.4) is 0 Å². The van der Waals surface area contributed by atoms with Gasteiger partial charge in [-0.05, 0) is 80.9 Å². The first-order valence-corrected chi connectivity index (χ1v) is 9.06. The first kappa shape index (κ1) is 17.1. The van der Waals surface area contributed by atoms with E-state index >= 15 is 0 Å². The lowest BCUT2D eigenvalue weighted by Crippen LogP contribution is -2.13. The van der Waals surface area contributed by atoms with Gasteiger partial charge >= 0.3 is 0 Å². The van der Waals surface area contributed by atoms with Gasteiger partial charge in [0, 0.05) is 0 Å². The number of aryl methyl sites for hydroxylation is 1. The number of methoxy groups -OCH3 is 1. The van der Waals surface area contributed by atoms with Gasteiger partial charge < -0.3 is 4.74 Å². The van der Waals surface area contributed by atoms with E-state index in [0.717, 1.165) is 24.0 Å². The van der Waals surface area contributed by atoms with Gasteiger partial charge in [-0.15, -0.1) is 0 Å². The molecule has 0 aliphatic heterocycles. The van der Waals surface area contributed by atoms with Crippen LogP contribution in [-0.4, -0.2) is 7.11 Å². The zero-order valence-corrected chi connectivity index (χ0v) is 14.6. The third-order valence-corrected chi connectivity index (χ3v) is 5.12. The minimum Gasteiger partial charge on any atom is -0.496 e. The second-order valence-electron chi connectivity index (χ2n) is 6.69. The molecule has 1 aromatic carbocycles. The van der Waals surface area contributed by atoms with Crippen molar-refractivity contribution in [1.82, 2.24) is 0 Å². The summed E-state index contributed by atoms with van der Waals surface area (Å²) in [6, 6.07) is 6.88. The lowest BCUT2D eigenvalue weighted by molar-refractivity contribution is 0.311. The summed E-state index contributed by atoms with van der Waals surface area (Å²) in [5, 5.41) is 0. The minimum absolute atomic E-state index is 0.763. The van der Waals surface area contributed by atoms with Crippen LogP contribution in [-0.2, 0) is 6.42 Å². The molecule has 22 heavy (non-hydrogen) atoms. The average Bonchev–Trinajstić information content (AvgIpc) is 2.56. The molecule has 0 radical (unpaired) electrons. The zero-order chi connectivity index (χ0) is 15.8. The van der Waals surface area contributed by atoms with Crippen LogP contribution in [0, 0.1) is 5.92 Å². The van der Waals surface area contributed by atoms with E-state index in [9.17, 15) is 0 Å². The molecular weight excluding hydrogens is 268 g/mol. The molecule has 0 N–H and O–H groups in total. The summed E-state index contributed by atoms with van der Waals surface area (Å²) in [6.07, 6.45) is 14.9. The highest BCUT2D eigenvalue weighted by atomic mass is 16.5. The topological polar surface area (TPSA) is 9.23 Å². The Labute approximate surface area is 136 Å². The summed E-state index contributed by atoms with van der Waals surface area (Å²) < 4.78 is 5.51. The fourth-order valence-electron chi connectivity index (χ4n) is 3.80. The molecule has 1 nitrogen and oxygen atoms in total. The molecule has 0 heterocycles. The van der Waals surface area contributed by atoms with Crippen molar-refractivity contribution in [3.05, 3.63) is 41.5 Å². The molecule has 1 aromatic rings. The maximum absolute atomic E-state index is 5.51. The van der Waals surface area contributed by atoms with Gasteiger partial charge in [0.15, 0.2) is 0 Å². The SMILES string of the molecule is C/C=C/CCC1CCC(c2ccc(OC)c(CCC)c2)CC1. The van der Waals surface area contributed by atoms with Crippen molar-refractivity contribution >= 4 is 0 Å². The Morgan fingerprint density at radius 1 is 1.18 bits per heavy atom. The average molecular weight is 300 g/mol. The third-order valence-electron chi connectivity index (χ3n) is 5.12. The Morgan fingerprint density at radius 3 is 2.59 bits per heavy atom. The maximum Gasteiger partial charge on any atom is 0.122 e. The summed E-state index contributed by atoms with van der Waals surface area (Å²) in [4.78, 5) is 0. The Balaban J connectivity index is 1.94. The third kappa shape index (κ3) is 4.63. The van der Waals surface area contributed by atoms with Crippen LogP contribution in [0.4, 0.5) is 0 Å². The van der Waals surface area contributed by atoms with Gasteiger partial charge in [0.25, 0.3) is 0 Å². The van der Waals surface area contributed by atoms with Crippen molar-refractivity contribution in [2.75, 3.05) is 7.11 Å². The van der Waals surface area contributed by atoms with E-state index in [1.165, 1.54) is 56.1 Å². The van der Waals surface area contributed by atoms with E-state index in [2.05, 4.69) is 44.2 Å². The number of ether oxygens (including phenoxy) is 1. The van der Waals surface area contributed by atoms with Gasteiger partial charge in [-0.1, -0.05) is 37.6 Å². The van der Waals surface area contributed by atoms with Crippen molar-refractivity contribution in [3.8, 4) is 5.75 Å². The molecule has 1 saturated carbocycles. The van der Waals surface area contributed by atoms with E-state index < -0.39 is 0 Å². The van der Waals surface area contributed by atoms with Gasteiger partial charge in [0.05, 0.1) is 7.11 Å². The van der Waals surface area contributed by atoms with E-state index in [1.807, 2.05) is 0 Å². The molecule has 1 aliphatic carbocycles. The van der Waals surface area contributed by atoms with Crippen LogP contribution >= 0.6 is 0 Å². The van der Waals surface area contributed by atoms with E-state index in [4.69, 9.17) is 4.74 Å². The van der Waals surface area contributed by atoms with Crippen LogP contribution in [0.2, 0.25) is 0 Å². The quantitative estimate of drug-likeness (QED) is 0.539. The number of hydrogen-bond donors (Lipinski definition) is 0. The monoisotopic (exact) mass is 300 g/mol. The molecular formula is C21H32O. The normalized spacial score (nSPS) is 22.1. The van der Waals surface area contributed by atoms with Crippen molar-refractivity contribution in [2.45, 2.75) is 71.1 Å². The van der Waals surface area contributed by atoms with Gasteiger partial charge in [-0.25, -0.2) is 0 Å². The van der Waals surface area contributed by atoms with Gasteiger partial charge in [-0.2, -0.15) is 0 Å². The van der Waals surface area contributed by atoms with Crippen LogP contribution < -0.4 is 4.74 Å². The van der Waals surface area contributed by atoms with Gasteiger partial charge in [0.1, 0.15) is 5.75 Å². The smallest absolute Gasteiger partial charge is 0.122 e. The lowest BCUT2D eigenvalue weighted by atomic mass is 9.77. The van der Waals surface area contributed by atoms with Gasteiger partial charge in [0.2, 0.25) is 0 Å². The van der Waals surface area contributed by atoms with Crippen molar-refractivity contribution < 1.29 is 4.74 Å². The molecule has 122 valence electrons. The first-order valence-electron chi connectivity index (χ1n) is 9.06. The van der Waals surface area contributed by atoms with E-state index in [1.54, 1.807) is 7.11 Å². The van der Waals surface area contributed by atoms with Gasteiger partial charge in [-0.3, -0.25) is 0 Å². The highest BCUT2D eigenvalue weighted by Gasteiger charge is 2.22. The first-order chi connectivity index (χ1) is 10.8. The summed E-state index contributed by atoms with van der Waals surface area (Å²) in [7, 11) is 1.78. The number of hydrogen-bond acceptors (Lipinski definition) is 1. The largest absolute Gasteiger partial charge is 0.496 e. The Hall–Kier alpha value is -1.24. The van der Waals surface area contributed by atoms with Crippen molar-refractivity contribution in [2.24, 2.45) is 5.92 Å². The zero-order valence-electron chi connectivity index (χ0n) is 14.6. The fraction of sp³-hybridized carbons (Fsp3) is 0.619. The van der Waals surface area contributed by atoms with Crippen LogP contribution in [0.15, 0.2) is 30.4 Å². The summed E-state index contributed by atoms with van der Waals surface area (Å²) in [5.74, 6) is 2.77. The Kier molecular flexibility index (Phi) is 7.02. The summed E-state index contributed by atoms with van der Waals surface area (Å²) in [6.45, 7) is 4.36. The van der Waals surface area contributed by atoms with Crippen molar-refractivity contribution in [1.29, 1.82) is 0 Å². The molecule has 0 atom stereocenters. The van der Waals surface area contributed by atoms with Crippen LogP contribution in [0.25, 0.3) is 0 Å². The van der Waals surface area contributed by atoms with Crippen LogP contribution in [0.1, 0.15) is 75.8 Å². The maximum atomic E-state index is 5.51. The molecule has 1 heteroatoms. The molecule has 0 bridgehead atoms. The minimum atomic E-state index is 0.763. The molecule has 0 unspecified atom stereocenters. The predicted molar refractivity (Wildman–Crippen MR) is 95.7 cm³/mol. The molecule has 1 fully saturated rings. The Morgan fingerprint density at radius 2 is 1.95 bits per heavy atom. The lowest BCUT2D eigenvalue weighted by Gasteiger charge is -2.29. The number of rotatable bonds is 7. The molecule has 0 spiro atoms.